The molecule has 0 saturated carbocycles. The van der Waals surface area contributed by atoms with Crippen molar-refractivity contribution in [3.05, 3.63) is 40.1 Å². The third-order valence-corrected chi connectivity index (χ3v) is 4.86. The smallest absolute Gasteiger partial charge is 0.267 e. The molecular formula is C16H22N6O. The van der Waals surface area contributed by atoms with E-state index in [1.165, 1.54) is 18.4 Å². The van der Waals surface area contributed by atoms with Gasteiger partial charge in [-0.15, -0.1) is 5.10 Å². The Bertz CT molecular complexity index is 717. The van der Waals surface area contributed by atoms with Crippen molar-refractivity contribution in [2.75, 3.05) is 19.6 Å². The summed E-state index contributed by atoms with van der Waals surface area (Å²) < 4.78 is 3.53. The zero-order chi connectivity index (χ0) is 15.6. The Morgan fingerprint density at radius 2 is 2.04 bits per heavy atom. The van der Waals surface area contributed by atoms with Gasteiger partial charge in [0.15, 0.2) is 0 Å². The van der Waals surface area contributed by atoms with Crippen molar-refractivity contribution in [1.29, 1.82) is 0 Å². The van der Waals surface area contributed by atoms with Crippen LogP contribution in [0, 0.1) is 5.92 Å². The van der Waals surface area contributed by atoms with Crippen LogP contribution >= 0.6 is 0 Å². The van der Waals surface area contributed by atoms with Crippen molar-refractivity contribution in [3.63, 3.8) is 0 Å². The van der Waals surface area contributed by atoms with Gasteiger partial charge in [0.05, 0.1) is 25.0 Å². The van der Waals surface area contributed by atoms with Crippen LogP contribution in [0.2, 0.25) is 0 Å². The summed E-state index contributed by atoms with van der Waals surface area (Å²) in [5.74, 6) is 0.526. The molecule has 2 aromatic rings. The molecule has 3 heterocycles. The molecular weight excluding hydrogens is 292 g/mol. The van der Waals surface area contributed by atoms with Crippen molar-refractivity contribution in [3.8, 4) is 0 Å². The third-order valence-electron chi connectivity index (χ3n) is 4.86. The van der Waals surface area contributed by atoms with E-state index in [4.69, 9.17) is 0 Å². The fourth-order valence-corrected chi connectivity index (χ4v) is 3.55. The molecule has 1 fully saturated rings. The number of fused-ring (bicyclic) bond motifs is 1. The van der Waals surface area contributed by atoms with Crippen LogP contribution in [0.15, 0.2) is 23.3 Å². The zero-order valence-corrected chi connectivity index (χ0v) is 13.3. The maximum absolute atomic E-state index is 12.2. The Morgan fingerprint density at radius 1 is 1.17 bits per heavy atom. The summed E-state index contributed by atoms with van der Waals surface area (Å²) in [4.78, 5) is 14.6. The van der Waals surface area contributed by atoms with Crippen molar-refractivity contribution < 1.29 is 0 Å². The zero-order valence-electron chi connectivity index (χ0n) is 13.3. The highest BCUT2D eigenvalue weighted by Gasteiger charge is 2.27. The highest BCUT2D eigenvalue weighted by Crippen LogP contribution is 2.19. The monoisotopic (exact) mass is 314 g/mol. The van der Waals surface area contributed by atoms with Crippen LogP contribution in [0.25, 0.3) is 0 Å². The molecule has 122 valence electrons. The Balaban J connectivity index is 1.31. The van der Waals surface area contributed by atoms with E-state index in [9.17, 15) is 4.79 Å². The SMILES string of the molecule is O=c1cc2c(nn1CC1CN(CCn3ccnn3)C1)CCCC2. The summed E-state index contributed by atoms with van der Waals surface area (Å²) in [5.41, 5.74) is 2.37. The van der Waals surface area contributed by atoms with E-state index in [1.807, 2.05) is 16.9 Å². The van der Waals surface area contributed by atoms with Crippen LogP contribution in [-0.2, 0) is 25.9 Å². The molecule has 0 bridgehead atoms. The van der Waals surface area contributed by atoms with Crippen LogP contribution in [0.4, 0.5) is 0 Å². The third kappa shape index (κ3) is 3.19. The molecule has 0 radical (unpaired) electrons. The molecule has 0 unspecified atom stereocenters. The molecule has 0 atom stereocenters. The Labute approximate surface area is 134 Å². The Hall–Kier alpha value is -2.02. The van der Waals surface area contributed by atoms with Crippen LogP contribution in [0.5, 0.6) is 0 Å². The van der Waals surface area contributed by atoms with Gasteiger partial charge in [0.1, 0.15) is 0 Å². The molecule has 23 heavy (non-hydrogen) atoms. The first-order valence-electron chi connectivity index (χ1n) is 8.44. The summed E-state index contributed by atoms with van der Waals surface area (Å²) in [6.45, 7) is 4.64. The molecule has 1 saturated heterocycles. The number of hydrogen-bond acceptors (Lipinski definition) is 5. The maximum Gasteiger partial charge on any atom is 0.267 e. The molecule has 1 aliphatic carbocycles. The van der Waals surface area contributed by atoms with E-state index in [2.05, 4.69) is 20.3 Å². The van der Waals surface area contributed by atoms with Gasteiger partial charge in [0.2, 0.25) is 0 Å². The van der Waals surface area contributed by atoms with Crippen LogP contribution in [0.3, 0.4) is 0 Å². The summed E-state index contributed by atoms with van der Waals surface area (Å²) in [6.07, 6.45) is 7.99. The number of hydrogen-bond donors (Lipinski definition) is 0. The Morgan fingerprint density at radius 3 is 2.87 bits per heavy atom. The standard InChI is InChI=1S/C16H22N6O/c23-16-9-14-3-1-2-4-15(14)18-22(16)12-13-10-20(11-13)7-8-21-6-5-17-19-21/h5-6,9,13H,1-4,7-8,10-12H2. The molecule has 0 spiro atoms. The van der Waals surface area contributed by atoms with E-state index in [0.717, 1.165) is 51.3 Å². The summed E-state index contributed by atoms with van der Waals surface area (Å²) in [5, 5.41) is 12.4. The first kappa shape index (κ1) is 14.6. The average Bonchev–Trinajstić information content (AvgIpc) is 3.03. The number of nitrogens with zero attached hydrogens (tertiary/aromatic N) is 6. The van der Waals surface area contributed by atoms with Crippen molar-refractivity contribution in [2.24, 2.45) is 5.92 Å². The van der Waals surface area contributed by atoms with E-state index in [1.54, 1.807) is 10.9 Å². The van der Waals surface area contributed by atoms with Crippen LogP contribution < -0.4 is 5.56 Å². The molecule has 1 aliphatic heterocycles. The van der Waals surface area contributed by atoms with Gasteiger partial charge >= 0.3 is 0 Å². The quantitative estimate of drug-likeness (QED) is 0.796. The fraction of sp³-hybridized carbons (Fsp3) is 0.625. The van der Waals surface area contributed by atoms with Crippen molar-refractivity contribution in [2.45, 2.75) is 38.8 Å². The van der Waals surface area contributed by atoms with Crippen LogP contribution in [0.1, 0.15) is 24.1 Å². The predicted octanol–water partition coefficient (Wildman–Crippen LogP) is 0.346. The number of aromatic nitrogens is 5. The molecule has 2 aliphatic rings. The fourth-order valence-electron chi connectivity index (χ4n) is 3.55. The van der Waals surface area contributed by atoms with Gasteiger partial charge in [-0.3, -0.25) is 9.48 Å². The molecule has 4 rings (SSSR count). The highest BCUT2D eigenvalue weighted by atomic mass is 16.1. The highest BCUT2D eigenvalue weighted by molar-refractivity contribution is 5.20. The number of rotatable bonds is 5. The first-order chi connectivity index (χ1) is 11.3. The Kier molecular flexibility index (Phi) is 3.95. The number of aryl methyl sites for hydroxylation is 2. The largest absolute Gasteiger partial charge is 0.301 e. The lowest BCUT2D eigenvalue weighted by Crippen LogP contribution is -2.50. The summed E-state index contributed by atoms with van der Waals surface area (Å²) in [7, 11) is 0. The van der Waals surface area contributed by atoms with Gasteiger partial charge in [0.25, 0.3) is 5.56 Å². The maximum atomic E-state index is 12.2. The van der Waals surface area contributed by atoms with E-state index >= 15 is 0 Å². The van der Waals surface area contributed by atoms with Gasteiger partial charge in [0, 0.05) is 37.8 Å². The van der Waals surface area contributed by atoms with E-state index < -0.39 is 0 Å². The molecule has 7 nitrogen and oxygen atoms in total. The summed E-state index contributed by atoms with van der Waals surface area (Å²) in [6, 6.07) is 1.81. The molecule has 0 aromatic carbocycles. The molecule has 0 N–H and O–H groups in total. The van der Waals surface area contributed by atoms with Gasteiger partial charge in [-0.1, -0.05) is 5.21 Å². The van der Waals surface area contributed by atoms with Gasteiger partial charge < -0.3 is 4.90 Å². The normalized spacial score (nSPS) is 18.6. The van der Waals surface area contributed by atoms with E-state index in [-0.39, 0.29) is 5.56 Å². The van der Waals surface area contributed by atoms with E-state index in [0.29, 0.717) is 5.92 Å². The average molecular weight is 314 g/mol. The summed E-state index contributed by atoms with van der Waals surface area (Å²) >= 11 is 0. The molecule has 7 heteroatoms. The van der Waals surface area contributed by atoms with Crippen molar-refractivity contribution >= 4 is 0 Å². The lowest BCUT2D eigenvalue weighted by molar-refractivity contribution is 0.0790. The first-order valence-corrected chi connectivity index (χ1v) is 8.44. The van der Waals surface area contributed by atoms with Crippen molar-refractivity contribution in [1.82, 2.24) is 29.7 Å². The van der Waals surface area contributed by atoms with Gasteiger partial charge in [-0.25, -0.2) is 4.68 Å². The molecule has 0 amide bonds. The minimum atomic E-state index is 0.0618. The second-order valence-electron chi connectivity index (χ2n) is 6.64. The number of likely N-dealkylation sites (tertiary alicyclic amines) is 1. The predicted molar refractivity (Wildman–Crippen MR) is 85.1 cm³/mol. The topological polar surface area (TPSA) is 68.8 Å². The van der Waals surface area contributed by atoms with Crippen LogP contribution in [-0.4, -0.2) is 49.3 Å². The lowest BCUT2D eigenvalue weighted by Gasteiger charge is -2.39. The lowest BCUT2D eigenvalue weighted by atomic mass is 9.96. The minimum Gasteiger partial charge on any atom is -0.301 e. The van der Waals surface area contributed by atoms with Gasteiger partial charge in [-0.2, -0.15) is 5.10 Å². The van der Waals surface area contributed by atoms with Gasteiger partial charge in [-0.05, 0) is 31.2 Å². The second kappa shape index (κ2) is 6.23. The molecule has 2 aromatic heterocycles. The minimum absolute atomic E-state index is 0.0618. The second-order valence-corrected chi connectivity index (χ2v) is 6.64.